The van der Waals surface area contributed by atoms with E-state index < -0.39 is 34.1 Å². The number of carbonyl (C=O) groups is 2. The number of anilines is 1. The molecule has 3 aromatic carbocycles. The van der Waals surface area contributed by atoms with E-state index in [9.17, 15) is 18.0 Å². The number of carbonyl (C=O) groups excluding carboxylic acids is 2. The van der Waals surface area contributed by atoms with E-state index in [1.165, 1.54) is 61.6 Å². The lowest BCUT2D eigenvalue weighted by Gasteiger charge is -2.33. The Labute approximate surface area is 260 Å². The maximum atomic E-state index is 14.1. The van der Waals surface area contributed by atoms with Gasteiger partial charge in [-0.1, -0.05) is 39.7 Å². The smallest absolute Gasteiger partial charge is 0.264 e. The first-order valence-electron chi connectivity index (χ1n) is 13.0. The first-order valence-corrected chi connectivity index (χ1v) is 15.6. The molecule has 42 heavy (non-hydrogen) atoms. The highest BCUT2D eigenvalue weighted by Gasteiger charge is 2.34. The molecular formula is C30H35BrClN3O6S. The minimum absolute atomic E-state index is 0.0713. The van der Waals surface area contributed by atoms with Gasteiger partial charge in [-0.25, -0.2) is 8.42 Å². The topological polar surface area (TPSA) is 105 Å². The van der Waals surface area contributed by atoms with E-state index in [1.807, 2.05) is 45.0 Å². The van der Waals surface area contributed by atoms with Gasteiger partial charge in [-0.2, -0.15) is 0 Å². The summed E-state index contributed by atoms with van der Waals surface area (Å²) in [5, 5.41) is 3.31. The van der Waals surface area contributed by atoms with Crippen LogP contribution in [-0.4, -0.2) is 57.5 Å². The minimum Gasteiger partial charge on any atom is -0.493 e. The highest BCUT2D eigenvalue weighted by Crippen LogP contribution is 2.33. The summed E-state index contributed by atoms with van der Waals surface area (Å²) < 4.78 is 40.5. The number of sulfonamides is 1. The summed E-state index contributed by atoms with van der Waals surface area (Å²) in [6.45, 7) is 6.63. The van der Waals surface area contributed by atoms with Crippen LogP contribution in [0.2, 0.25) is 5.02 Å². The lowest BCUT2D eigenvalue weighted by Crippen LogP contribution is -2.54. The molecule has 1 N–H and O–H groups in total. The number of hydrogen-bond donors (Lipinski definition) is 1. The molecule has 0 aromatic heterocycles. The van der Waals surface area contributed by atoms with Crippen LogP contribution in [0.5, 0.6) is 11.5 Å². The van der Waals surface area contributed by atoms with Gasteiger partial charge in [0.15, 0.2) is 11.5 Å². The van der Waals surface area contributed by atoms with E-state index in [4.69, 9.17) is 21.1 Å². The zero-order valence-electron chi connectivity index (χ0n) is 24.4. The van der Waals surface area contributed by atoms with Gasteiger partial charge in [-0.15, -0.1) is 0 Å². The lowest BCUT2D eigenvalue weighted by atomic mass is 10.1. The first kappa shape index (κ1) is 33.2. The number of halogens is 2. The number of benzene rings is 3. The summed E-state index contributed by atoms with van der Waals surface area (Å²) >= 11 is 9.53. The second kappa shape index (κ2) is 13.8. The summed E-state index contributed by atoms with van der Waals surface area (Å²) in [6, 6.07) is 16.7. The fourth-order valence-electron chi connectivity index (χ4n) is 4.13. The first-order chi connectivity index (χ1) is 19.7. The number of rotatable bonds is 11. The van der Waals surface area contributed by atoms with Crippen LogP contribution >= 0.6 is 27.5 Å². The van der Waals surface area contributed by atoms with Crippen LogP contribution in [-0.2, 0) is 26.2 Å². The van der Waals surface area contributed by atoms with Crippen LogP contribution in [0.1, 0.15) is 33.3 Å². The molecule has 3 aromatic rings. The number of nitrogens with one attached hydrogen (secondary N) is 1. The van der Waals surface area contributed by atoms with Crippen molar-refractivity contribution in [3.63, 3.8) is 0 Å². The largest absolute Gasteiger partial charge is 0.493 e. The van der Waals surface area contributed by atoms with Gasteiger partial charge in [0.2, 0.25) is 11.8 Å². The molecule has 0 saturated carbocycles. The maximum absolute atomic E-state index is 14.1. The van der Waals surface area contributed by atoms with Gasteiger partial charge in [0.05, 0.1) is 24.8 Å². The molecule has 9 nitrogen and oxygen atoms in total. The van der Waals surface area contributed by atoms with Crippen LogP contribution in [0, 0.1) is 0 Å². The fraction of sp³-hybridized carbons (Fsp3) is 0.333. The second-order valence-electron chi connectivity index (χ2n) is 10.6. The fourth-order valence-corrected chi connectivity index (χ4v) is 6.13. The van der Waals surface area contributed by atoms with Crippen molar-refractivity contribution >= 4 is 55.1 Å². The number of methoxy groups -OCH3 is 2. The molecule has 0 fully saturated rings. The predicted molar refractivity (Wildman–Crippen MR) is 168 cm³/mol. The number of amides is 2. The molecule has 3 rings (SSSR count). The molecule has 0 aliphatic carbocycles. The predicted octanol–water partition coefficient (Wildman–Crippen LogP) is 5.65. The lowest BCUT2D eigenvalue weighted by molar-refractivity contribution is -0.140. The Kier molecular flexibility index (Phi) is 10.9. The van der Waals surface area contributed by atoms with Crippen molar-refractivity contribution in [2.75, 3.05) is 25.1 Å². The molecule has 0 unspecified atom stereocenters. The zero-order valence-corrected chi connectivity index (χ0v) is 27.5. The average Bonchev–Trinajstić information content (AvgIpc) is 2.93. The second-order valence-corrected chi connectivity index (χ2v) is 13.8. The summed E-state index contributed by atoms with van der Waals surface area (Å²) in [5.41, 5.74) is 0.438. The molecule has 12 heteroatoms. The highest BCUT2D eigenvalue weighted by molar-refractivity contribution is 9.10. The molecule has 0 spiro atoms. The van der Waals surface area contributed by atoms with Crippen LogP contribution in [0.15, 0.2) is 76.1 Å². The van der Waals surface area contributed by atoms with Crippen LogP contribution in [0.4, 0.5) is 5.69 Å². The van der Waals surface area contributed by atoms with Gasteiger partial charge in [0, 0.05) is 27.6 Å². The van der Waals surface area contributed by atoms with E-state index in [-0.39, 0.29) is 28.8 Å². The molecule has 1 atom stereocenters. The summed E-state index contributed by atoms with van der Waals surface area (Å²) in [7, 11) is -1.46. The third-order valence-corrected chi connectivity index (χ3v) is 8.76. The SMILES string of the molecule is COc1ccc(S(=O)(=O)N(CC(=O)N(Cc2cccc(Br)c2)[C@H](C)C(=O)NC(C)(C)C)c2ccc(Cl)cc2)cc1OC. The van der Waals surface area contributed by atoms with E-state index in [2.05, 4.69) is 21.2 Å². The molecule has 226 valence electrons. The van der Waals surface area contributed by atoms with Crippen molar-refractivity contribution in [3.8, 4) is 11.5 Å². The van der Waals surface area contributed by atoms with Crippen molar-refractivity contribution in [2.24, 2.45) is 0 Å². The van der Waals surface area contributed by atoms with E-state index in [1.54, 1.807) is 6.92 Å². The average molecular weight is 681 g/mol. The Morgan fingerprint density at radius 1 is 0.976 bits per heavy atom. The van der Waals surface area contributed by atoms with Gasteiger partial charge < -0.3 is 19.7 Å². The van der Waals surface area contributed by atoms with Gasteiger partial charge in [0.1, 0.15) is 12.6 Å². The molecule has 0 bridgehead atoms. The third-order valence-electron chi connectivity index (χ3n) is 6.24. The van der Waals surface area contributed by atoms with Crippen molar-refractivity contribution < 1.29 is 27.5 Å². The highest BCUT2D eigenvalue weighted by atomic mass is 79.9. The maximum Gasteiger partial charge on any atom is 0.264 e. The van der Waals surface area contributed by atoms with E-state index >= 15 is 0 Å². The minimum atomic E-state index is -4.31. The van der Waals surface area contributed by atoms with Crippen LogP contribution in [0.25, 0.3) is 0 Å². The third kappa shape index (κ3) is 8.39. The molecule has 0 aliphatic heterocycles. The Bertz CT molecular complexity index is 1530. The Balaban J connectivity index is 2.08. The van der Waals surface area contributed by atoms with Gasteiger partial charge in [0.25, 0.3) is 10.0 Å². The van der Waals surface area contributed by atoms with Gasteiger partial charge in [-0.05, 0) is 81.8 Å². The molecule has 0 heterocycles. The quantitative estimate of drug-likeness (QED) is 0.281. The van der Waals surface area contributed by atoms with Gasteiger partial charge in [-0.3, -0.25) is 13.9 Å². The monoisotopic (exact) mass is 679 g/mol. The summed E-state index contributed by atoms with van der Waals surface area (Å²) in [5.74, 6) is -0.383. The van der Waals surface area contributed by atoms with E-state index in [0.717, 1.165) is 14.3 Å². The van der Waals surface area contributed by atoms with Crippen molar-refractivity contribution in [3.05, 3.63) is 81.8 Å². The number of hydrogen-bond acceptors (Lipinski definition) is 6. The van der Waals surface area contributed by atoms with Crippen molar-refractivity contribution in [1.82, 2.24) is 10.2 Å². The molecule has 0 saturated heterocycles. The number of nitrogens with zero attached hydrogens (tertiary/aromatic N) is 2. The molecule has 0 aliphatic rings. The van der Waals surface area contributed by atoms with Crippen LogP contribution in [0.3, 0.4) is 0 Å². The molecule has 2 amide bonds. The molecular weight excluding hydrogens is 646 g/mol. The van der Waals surface area contributed by atoms with Crippen molar-refractivity contribution in [2.45, 2.75) is 50.7 Å². The Morgan fingerprint density at radius 2 is 1.62 bits per heavy atom. The van der Waals surface area contributed by atoms with Crippen LogP contribution < -0.4 is 19.1 Å². The summed E-state index contributed by atoms with van der Waals surface area (Å²) in [4.78, 5) is 28.5. The van der Waals surface area contributed by atoms with Crippen molar-refractivity contribution in [1.29, 1.82) is 0 Å². The molecule has 0 radical (unpaired) electrons. The summed E-state index contributed by atoms with van der Waals surface area (Å²) in [6.07, 6.45) is 0. The zero-order chi connectivity index (χ0) is 31.2. The Hall–Kier alpha value is -3.28. The number of ether oxygens (including phenoxy) is 2. The normalized spacial score (nSPS) is 12.3. The van der Waals surface area contributed by atoms with E-state index in [0.29, 0.717) is 10.8 Å². The Morgan fingerprint density at radius 3 is 2.19 bits per heavy atom. The van der Waals surface area contributed by atoms with Gasteiger partial charge >= 0.3 is 0 Å². The standard InChI is InChI=1S/C30H35BrClN3O6S/c1-20(29(37)33-30(2,3)4)34(18-21-8-7-9-22(31)16-21)28(36)19-35(24-12-10-23(32)11-13-24)42(38,39)25-14-15-26(40-5)27(17-25)41-6/h7-17,20H,18-19H2,1-6H3,(H,33,37)/t20-/m1/s1.